The third-order valence-electron chi connectivity index (χ3n) is 4.41. The second-order valence-electron chi connectivity index (χ2n) is 6.37. The van der Waals surface area contributed by atoms with Crippen molar-refractivity contribution >= 4 is 11.6 Å². The molecule has 8 heteroatoms. The molecule has 0 atom stereocenters. The molecule has 3 aromatic rings. The van der Waals surface area contributed by atoms with Gasteiger partial charge in [-0.1, -0.05) is 0 Å². The predicted octanol–water partition coefficient (Wildman–Crippen LogP) is 1.96. The third kappa shape index (κ3) is 3.28. The number of carbonyl (C=O) groups is 1. The van der Waals surface area contributed by atoms with Crippen molar-refractivity contribution < 1.29 is 13.9 Å². The van der Waals surface area contributed by atoms with Crippen LogP contribution in [0, 0.1) is 0 Å². The van der Waals surface area contributed by atoms with E-state index < -0.39 is 5.97 Å². The second kappa shape index (κ2) is 6.80. The standard InChI is InChI=1S/C18H20N4O4/c1-2-25-18(24)15-9-19-22-16(23)8-12(20-17(15)22)10-21(13-5-6-13)11-14-4-3-7-26-14/h3-4,7-9,13,19H,2,5-6,10-11H2,1H3. The van der Waals surface area contributed by atoms with Crippen LogP contribution in [0.2, 0.25) is 0 Å². The van der Waals surface area contributed by atoms with E-state index in [0.29, 0.717) is 30.5 Å². The van der Waals surface area contributed by atoms with Gasteiger partial charge in [-0.25, -0.2) is 14.3 Å². The molecule has 1 aliphatic rings. The van der Waals surface area contributed by atoms with Crippen LogP contribution in [0.25, 0.3) is 5.65 Å². The zero-order valence-corrected chi connectivity index (χ0v) is 14.5. The highest BCUT2D eigenvalue weighted by Crippen LogP contribution is 2.29. The summed E-state index contributed by atoms with van der Waals surface area (Å²) in [6.45, 7) is 3.18. The van der Waals surface area contributed by atoms with Crippen LogP contribution >= 0.6 is 0 Å². The fourth-order valence-corrected chi connectivity index (χ4v) is 3.03. The highest BCUT2D eigenvalue weighted by molar-refractivity contribution is 5.95. The molecular weight excluding hydrogens is 336 g/mol. The first-order chi connectivity index (χ1) is 12.7. The third-order valence-corrected chi connectivity index (χ3v) is 4.41. The minimum Gasteiger partial charge on any atom is -0.468 e. The molecule has 3 heterocycles. The minimum atomic E-state index is -0.495. The lowest BCUT2D eigenvalue weighted by molar-refractivity contribution is 0.0528. The van der Waals surface area contributed by atoms with Crippen LogP contribution in [0.5, 0.6) is 0 Å². The van der Waals surface area contributed by atoms with Crippen LogP contribution < -0.4 is 5.56 Å². The zero-order chi connectivity index (χ0) is 18.1. The van der Waals surface area contributed by atoms with Gasteiger partial charge in [-0.3, -0.25) is 14.8 Å². The number of carbonyl (C=O) groups excluding carboxylic acids is 1. The molecule has 0 aromatic carbocycles. The topological polar surface area (TPSA) is 92.8 Å². The normalized spacial score (nSPS) is 14.2. The maximum atomic E-state index is 12.4. The minimum absolute atomic E-state index is 0.255. The first-order valence-electron chi connectivity index (χ1n) is 8.69. The summed E-state index contributed by atoms with van der Waals surface area (Å²) in [7, 11) is 0. The predicted molar refractivity (Wildman–Crippen MR) is 92.7 cm³/mol. The van der Waals surface area contributed by atoms with E-state index in [4.69, 9.17) is 9.15 Å². The molecule has 3 aromatic heterocycles. The van der Waals surface area contributed by atoms with Crippen LogP contribution in [-0.4, -0.2) is 38.1 Å². The number of nitrogens with zero attached hydrogens (tertiary/aromatic N) is 3. The Labute approximate surface area is 149 Å². The molecule has 0 spiro atoms. The Kier molecular flexibility index (Phi) is 4.34. The molecule has 1 aliphatic carbocycles. The maximum absolute atomic E-state index is 12.4. The summed E-state index contributed by atoms with van der Waals surface area (Å²) in [4.78, 5) is 31.2. The molecule has 0 saturated heterocycles. The van der Waals surface area contributed by atoms with Gasteiger partial charge in [0.1, 0.15) is 11.3 Å². The van der Waals surface area contributed by atoms with Gasteiger partial charge in [-0.15, -0.1) is 0 Å². The number of rotatable bonds is 7. The van der Waals surface area contributed by atoms with Gasteiger partial charge >= 0.3 is 5.97 Å². The quantitative estimate of drug-likeness (QED) is 0.651. The van der Waals surface area contributed by atoms with Gasteiger partial charge in [0.05, 0.1) is 25.1 Å². The summed E-state index contributed by atoms with van der Waals surface area (Å²) >= 11 is 0. The van der Waals surface area contributed by atoms with Crippen molar-refractivity contribution in [1.82, 2.24) is 19.5 Å². The van der Waals surface area contributed by atoms with Crippen molar-refractivity contribution in [2.75, 3.05) is 6.61 Å². The molecule has 26 heavy (non-hydrogen) atoms. The lowest BCUT2D eigenvalue weighted by atomic mass is 10.3. The molecule has 8 nitrogen and oxygen atoms in total. The SMILES string of the molecule is CCOC(=O)c1c[nH]n2c(=O)cc(CN(Cc3ccco3)C3CC3)nc12. The van der Waals surface area contributed by atoms with Gasteiger partial charge in [0.2, 0.25) is 0 Å². The van der Waals surface area contributed by atoms with Gasteiger partial charge < -0.3 is 9.15 Å². The van der Waals surface area contributed by atoms with Crippen molar-refractivity contribution in [2.24, 2.45) is 0 Å². The first-order valence-corrected chi connectivity index (χ1v) is 8.69. The Morgan fingerprint density at radius 3 is 3.00 bits per heavy atom. The summed E-state index contributed by atoms with van der Waals surface area (Å²) < 4.78 is 11.7. The number of aromatic nitrogens is 3. The largest absolute Gasteiger partial charge is 0.468 e. The van der Waals surface area contributed by atoms with Crippen LogP contribution in [0.1, 0.15) is 41.6 Å². The van der Waals surface area contributed by atoms with Gasteiger partial charge in [0.25, 0.3) is 5.56 Å². The average molecular weight is 356 g/mol. The molecule has 136 valence electrons. The summed E-state index contributed by atoms with van der Waals surface area (Å²) in [6.07, 6.45) is 5.36. The van der Waals surface area contributed by atoms with Gasteiger partial charge in [0.15, 0.2) is 5.65 Å². The number of H-pyrrole nitrogens is 1. The first kappa shape index (κ1) is 16.6. The number of hydrogen-bond donors (Lipinski definition) is 1. The Bertz CT molecular complexity index is 969. The molecule has 0 radical (unpaired) electrons. The molecule has 0 aliphatic heterocycles. The highest BCUT2D eigenvalue weighted by atomic mass is 16.5. The number of ether oxygens (including phenoxy) is 1. The molecule has 0 bridgehead atoms. The molecular formula is C18H20N4O4. The van der Waals surface area contributed by atoms with Crippen molar-refractivity contribution in [3.05, 3.63) is 58.0 Å². The van der Waals surface area contributed by atoms with Crippen LogP contribution in [0.15, 0.2) is 39.9 Å². The summed E-state index contributed by atoms with van der Waals surface area (Å²) in [5, 5.41) is 2.76. The average Bonchev–Trinajstić information content (AvgIpc) is 3.16. The maximum Gasteiger partial charge on any atom is 0.343 e. The van der Waals surface area contributed by atoms with Gasteiger partial charge in [-0.2, -0.15) is 0 Å². The van der Waals surface area contributed by atoms with Crippen molar-refractivity contribution in [3.63, 3.8) is 0 Å². The van der Waals surface area contributed by atoms with Gasteiger partial charge in [-0.05, 0) is 31.9 Å². The molecule has 1 fully saturated rings. The fourth-order valence-electron chi connectivity index (χ4n) is 3.03. The molecule has 1 saturated carbocycles. The summed E-state index contributed by atoms with van der Waals surface area (Å²) in [5.41, 5.74) is 0.919. The van der Waals surface area contributed by atoms with E-state index in [1.54, 1.807) is 13.2 Å². The Hall–Kier alpha value is -2.87. The van der Waals surface area contributed by atoms with E-state index in [2.05, 4.69) is 15.0 Å². The monoisotopic (exact) mass is 356 g/mol. The van der Waals surface area contributed by atoms with Crippen LogP contribution in [-0.2, 0) is 17.8 Å². The van der Waals surface area contributed by atoms with E-state index in [1.807, 2.05) is 12.1 Å². The number of hydrogen-bond acceptors (Lipinski definition) is 6. The fraction of sp³-hybridized carbons (Fsp3) is 0.389. The summed E-state index contributed by atoms with van der Waals surface area (Å²) in [5.74, 6) is 0.383. The van der Waals surface area contributed by atoms with E-state index >= 15 is 0 Å². The number of furan rings is 1. The Balaban J connectivity index is 1.64. The van der Waals surface area contributed by atoms with E-state index in [9.17, 15) is 9.59 Å². The molecule has 0 amide bonds. The molecule has 1 N–H and O–H groups in total. The number of aromatic amines is 1. The number of fused-ring (bicyclic) bond motifs is 1. The number of nitrogens with one attached hydrogen (secondary N) is 1. The van der Waals surface area contributed by atoms with Crippen LogP contribution in [0.3, 0.4) is 0 Å². The number of esters is 1. The van der Waals surface area contributed by atoms with Crippen molar-refractivity contribution in [2.45, 2.75) is 38.9 Å². The molecule has 0 unspecified atom stereocenters. The van der Waals surface area contributed by atoms with E-state index in [-0.39, 0.29) is 17.7 Å². The van der Waals surface area contributed by atoms with Gasteiger partial charge in [0, 0.05) is 24.8 Å². The summed E-state index contributed by atoms with van der Waals surface area (Å²) in [6, 6.07) is 5.76. The zero-order valence-electron chi connectivity index (χ0n) is 14.5. The van der Waals surface area contributed by atoms with E-state index in [1.165, 1.54) is 16.8 Å². The molecule has 4 rings (SSSR count). The highest BCUT2D eigenvalue weighted by Gasteiger charge is 2.30. The Morgan fingerprint density at radius 2 is 2.31 bits per heavy atom. The Morgan fingerprint density at radius 1 is 1.46 bits per heavy atom. The smallest absolute Gasteiger partial charge is 0.343 e. The lowest BCUT2D eigenvalue weighted by Gasteiger charge is -2.20. The van der Waals surface area contributed by atoms with E-state index in [0.717, 1.165) is 18.6 Å². The second-order valence-corrected chi connectivity index (χ2v) is 6.37. The van der Waals surface area contributed by atoms with Crippen molar-refractivity contribution in [1.29, 1.82) is 0 Å². The van der Waals surface area contributed by atoms with Crippen molar-refractivity contribution in [3.8, 4) is 0 Å². The van der Waals surface area contributed by atoms with Crippen LogP contribution in [0.4, 0.5) is 0 Å². The lowest BCUT2D eigenvalue weighted by Crippen LogP contribution is -2.27.